The SMILES string of the molecule is NCC(NCC1CCCO1)c1cc(Br)ccc1F. The first-order chi connectivity index (χ1) is 8.70. The highest BCUT2D eigenvalue weighted by atomic mass is 79.9. The summed E-state index contributed by atoms with van der Waals surface area (Å²) >= 11 is 3.35. The molecule has 1 heterocycles. The predicted molar refractivity (Wildman–Crippen MR) is 72.9 cm³/mol. The Morgan fingerprint density at radius 2 is 2.39 bits per heavy atom. The van der Waals surface area contributed by atoms with Gasteiger partial charge < -0.3 is 15.8 Å². The molecule has 3 N–H and O–H groups in total. The van der Waals surface area contributed by atoms with Gasteiger partial charge in [0.25, 0.3) is 0 Å². The largest absolute Gasteiger partial charge is 0.377 e. The predicted octanol–water partition coefficient (Wildman–Crippen LogP) is 2.36. The van der Waals surface area contributed by atoms with Gasteiger partial charge in [0.1, 0.15) is 5.82 Å². The molecule has 18 heavy (non-hydrogen) atoms. The number of rotatable bonds is 5. The molecule has 0 aliphatic carbocycles. The Bertz CT molecular complexity index is 397. The number of benzene rings is 1. The quantitative estimate of drug-likeness (QED) is 0.876. The molecule has 2 rings (SSSR count). The molecule has 1 saturated heterocycles. The maximum Gasteiger partial charge on any atom is 0.128 e. The van der Waals surface area contributed by atoms with Crippen molar-refractivity contribution in [3.8, 4) is 0 Å². The minimum absolute atomic E-state index is 0.174. The van der Waals surface area contributed by atoms with E-state index in [1.54, 1.807) is 12.1 Å². The first-order valence-electron chi connectivity index (χ1n) is 6.20. The Labute approximate surface area is 115 Å². The molecule has 100 valence electrons. The van der Waals surface area contributed by atoms with Gasteiger partial charge in [-0.3, -0.25) is 0 Å². The lowest BCUT2D eigenvalue weighted by atomic mass is 10.1. The zero-order chi connectivity index (χ0) is 13.0. The van der Waals surface area contributed by atoms with Gasteiger partial charge in [0, 0.05) is 35.8 Å². The summed E-state index contributed by atoms with van der Waals surface area (Å²) in [5, 5.41) is 3.28. The zero-order valence-corrected chi connectivity index (χ0v) is 11.7. The molecule has 0 spiro atoms. The Hall–Kier alpha value is -0.490. The van der Waals surface area contributed by atoms with Crippen LogP contribution in [0, 0.1) is 5.82 Å². The van der Waals surface area contributed by atoms with Crippen molar-refractivity contribution in [2.45, 2.75) is 25.0 Å². The fourth-order valence-corrected chi connectivity index (χ4v) is 2.56. The Morgan fingerprint density at radius 1 is 1.56 bits per heavy atom. The van der Waals surface area contributed by atoms with E-state index >= 15 is 0 Å². The molecule has 0 aromatic heterocycles. The van der Waals surface area contributed by atoms with E-state index in [0.29, 0.717) is 18.7 Å². The molecule has 1 aromatic rings. The number of ether oxygens (including phenoxy) is 1. The van der Waals surface area contributed by atoms with Crippen LogP contribution in [-0.2, 0) is 4.74 Å². The third-order valence-electron chi connectivity index (χ3n) is 3.19. The Balaban J connectivity index is 2.00. The standard InChI is InChI=1S/C13H18BrFN2O/c14-9-3-4-12(15)11(6-9)13(7-16)17-8-10-2-1-5-18-10/h3-4,6,10,13,17H,1-2,5,7-8,16H2. The molecule has 1 aliphatic heterocycles. The minimum Gasteiger partial charge on any atom is -0.377 e. The zero-order valence-electron chi connectivity index (χ0n) is 10.2. The molecule has 1 aromatic carbocycles. The van der Waals surface area contributed by atoms with Gasteiger partial charge in [0.2, 0.25) is 0 Å². The van der Waals surface area contributed by atoms with Gasteiger partial charge in [-0.25, -0.2) is 4.39 Å². The lowest BCUT2D eigenvalue weighted by Gasteiger charge is -2.20. The summed E-state index contributed by atoms with van der Waals surface area (Å²) in [7, 11) is 0. The summed E-state index contributed by atoms with van der Waals surface area (Å²) in [6.45, 7) is 1.90. The van der Waals surface area contributed by atoms with Crippen molar-refractivity contribution in [2.24, 2.45) is 5.73 Å². The molecule has 0 saturated carbocycles. The van der Waals surface area contributed by atoms with Crippen LogP contribution in [-0.4, -0.2) is 25.8 Å². The molecular formula is C13H18BrFN2O. The van der Waals surface area contributed by atoms with Crippen molar-refractivity contribution in [1.29, 1.82) is 0 Å². The summed E-state index contributed by atoms with van der Waals surface area (Å²) in [6, 6.07) is 4.74. The summed E-state index contributed by atoms with van der Waals surface area (Å²) < 4.78 is 20.1. The Kier molecular flexibility index (Phi) is 5.12. The van der Waals surface area contributed by atoms with Crippen LogP contribution in [0.15, 0.2) is 22.7 Å². The van der Waals surface area contributed by atoms with Crippen molar-refractivity contribution >= 4 is 15.9 Å². The number of nitrogens with two attached hydrogens (primary N) is 1. The van der Waals surface area contributed by atoms with Crippen LogP contribution in [0.4, 0.5) is 4.39 Å². The van der Waals surface area contributed by atoms with Crippen LogP contribution in [0.2, 0.25) is 0 Å². The van der Waals surface area contributed by atoms with E-state index in [9.17, 15) is 4.39 Å². The van der Waals surface area contributed by atoms with Gasteiger partial charge in [0.05, 0.1) is 6.10 Å². The fraction of sp³-hybridized carbons (Fsp3) is 0.538. The highest BCUT2D eigenvalue weighted by Crippen LogP contribution is 2.22. The lowest BCUT2D eigenvalue weighted by Crippen LogP contribution is -2.34. The second-order valence-corrected chi connectivity index (χ2v) is 5.41. The second-order valence-electron chi connectivity index (χ2n) is 4.50. The summed E-state index contributed by atoms with van der Waals surface area (Å²) in [6.07, 6.45) is 2.39. The third-order valence-corrected chi connectivity index (χ3v) is 3.68. The average Bonchev–Trinajstić information content (AvgIpc) is 2.87. The normalized spacial score (nSPS) is 21.2. The van der Waals surface area contributed by atoms with Gasteiger partial charge in [-0.15, -0.1) is 0 Å². The second kappa shape index (κ2) is 6.61. The summed E-state index contributed by atoms with van der Waals surface area (Å²) in [5.74, 6) is -0.228. The van der Waals surface area contributed by atoms with E-state index < -0.39 is 0 Å². The average molecular weight is 317 g/mol. The number of hydrogen-bond donors (Lipinski definition) is 2. The van der Waals surface area contributed by atoms with Gasteiger partial charge in [0.15, 0.2) is 0 Å². The van der Waals surface area contributed by atoms with Crippen LogP contribution in [0.1, 0.15) is 24.4 Å². The van der Waals surface area contributed by atoms with Crippen molar-refractivity contribution in [3.05, 3.63) is 34.1 Å². The molecule has 0 radical (unpaired) electrons. The lowest BCUT2D eigenvalue weighted by molar-refractivity contribution is 0.107. The van der Waals surface area contributed by atoms with E-state index in [1.807, 2.05) is 0 Å². The van der Waals surface area contributed by atoms with E-state index in [0.717, 1.165) is 23.9 Å². The maximum atomic E-state index is 13.8. The monoisotopic (exact) mass is 316 g/mol. The van der Waals surface area contributed by atoms with Gasteiger partial charge >= 0.3 is 0 Å². The maximum absolute atomic E-state index is 13.8. The molecule has 0 bridgehead atoms. The Morgan fingerprint density at radius 3 is 3.06 bits per heavy atom. The van der Waals surface area contributed by atoms with Gasteiger partial charge in [-0.1, -0.05) is 15.9 Å². The van der Waals surface area contributed by atoms with E-state index in [4.69, 9.17) is 10.5 Å². The minimum atomic E-state index is -0.228. The smallest absolute Gasteiger partial charge is 0.128 e. The van der Waals surface area contributed by atoms with E-state index in [2.05, 4.69) is 21.2 Å². The molecular weight excluding hydrogens is 299 g/mol. The fourth-order valence-electron chi connectivity index (χ4n) is 2.18. The van der Waals surface area contributed by atoms with E-state index in [1.165, 1.54) is 6.07 Å². The van der Waals surface area contributed by atoms with Crippen LogP contribution >= 0.6 is 15.9 Å². The van der Waals surface area contributed by atoms with Gasteiger partial charge in [-0.05, 0) is 31.0 Å². The number of hydrogen-bond acceptors (Lipinski definition) is 3. The molecule has 2 atom stereocenters. The molecule has 0 amide bonds. The first kappa shape index (κ1) is 13.9. The van der Waals surface area contributed by atoms with E-state index in [-0.39, 0.29) is 18.0 Å². The van der Waals surface area contributed by atoms with Crippen LogP contribution < -0.4 is 11.1 Å². The van der Waals surface area contributed by atoms with Crippen molar-refractivity contribution < 1.29 is 9.13 Å². The number of halogens is 2. The topological polar surface area (TPSA) is 47.3 Å². The van der Waals surface area contributed by atoms with Crippen LogP contribution in [0.5, 0.6) is 0 Å². The van der Waals surface area contributed by atoms with Crippen molar-refractivity contribution in [1.82, 2.24) is 5.32 Å². The highest BCUT2D eigenvalue weighted by Gasteiger charge is 2.19. The van der Waals surface area contributed by atoms with Crippen LogP contribution in [0.25, 0.3) is 0 Å². The van der Waals surface area contributed by atoms with Crippen molar-refractivity contribution in [3.63, 3.8) is 0 Å². The molecule has 1 aliphatic rings. The molecule has 3 nitrogen and oxygen atoms in total. The summed E-state index contributed by atoms with van der Waals surface area (Å²) in [4.78, 5) is 0. The third kappa shape index (κ3) is 3.51. The highest BCUT2D eigenvalue weighted by molar-refractivity contribution is 9.10. The molecule has 1 fully saturated rings. The van der Waals surface area contributed by atoms with Crippen molar-refractivity contribution in [2.75, 3.05) is 19.7 Å². The molecule has 5 heteroatoms. The molecule has 2 unspecified atom stereocenters. The first-order valence-corrected chi connectivity index (χ1v) is 7.00. The van der Waals surface area contributed by atoms with Gasteiger partial charge in [-0.2, -0.15) is 0 Å². The van der Waals surface area contributed by atoms with Crippen LogP contribution in [0.3, 0.4) is 0 Å². The summed E-state index contributed by atoms with van der Waals surface area (Å²) in [5.41, 5.74) is 6.32. The number of nitrogens with one attached hydrogen (secondary N) is 1.